The smallest absolute Gasteiger partial charge is 0.341 e. The van der Waals surface area contributed by atoms with Gasteiger partial charge in [0.05, 0.1) is 0 Å². The highest BCUT2D eigenvalue weighted by Gasteiger charge is 2.23. The third-order valence-electron chi connectivity index (χ3n) is 3.21. The standard InChI is InChI=1S/C16H19NO3/c1-4-11-5-7-12(8-6-11)15-14(16(18)19)13(20-17-15)9-10(2)3/h5-8,10H,4,9H2,1-3H3,(H,18,19). The second kappa shape index (κ2) is 5.90. The quantitative estimate of drug-likeness (QED) is 0.900. The molecule has 0 bridgehead atoms. The van der Waals surface area contributed by atoms with Crippen molar-refractivity contribution in [3.63, 3.8) is 0 Å². The van der Waals surface area contributed by atoms with Gasteiger partial charge >= 0.3 is 5.97 Å². The molecule has 0 atom stereocenters. The van der Waals surface area contributed by atoms with Crippen LogP contribution in [0.25, 0.3) is 11.3 Å². The summed E-state index contributed by atoms with van der Waals surface area (Å²) in [6, 6.07) is 7.75. The van der Waals surface area contributed by atoms with Crippen molar-refractivity contribution in [2.24, 2.45) is 5.92 Å². The van der Waals surface area contributed by atoms with Gasteiger partial charge in [-0.3, -0.25) is 0 Å². The number of aromatic carboxylic acids is 1. The van der Waals surface area contributed by atoms with Crippen LogP contribution in [0.3, 0.4) is 0 Å². The Bertz CT molecular complexity index is 597. The number of nitrogens with zero attached hydrogens (tertiary/aromatic N) is 1. The van der Waals surface area contributed by atoms with Crippen molar-refractivity contribution in [1.82, 2.24) is 5.16 Å². The molecule has 0 unspecified atom stereocenters. The molecule has 0 aliphatic carbocycles. The van der Waals surface area contributed by atoms with Gasteiger partial charge in [-0.1, -0.05) is 50.2 Å². The van der Waals surface area contributed by atoms with Gasteiger partial charge in [-0.15, -0.1) is 0 Å². The highest BCUT2D eigenvalue weighted by atomic mass is 16.5. The third-order valence-corrected chi connectivity index (χ3v) is 3.21. The predicted molar refractivity (Wildman–Crippen MR) is 76.8 cm³/mol. The van der Waals surface area contributed by atoms with Crippen molar-refractivity contribution in [3.05, 3.63) is 41.2 Å². The maximum Gasteiger partial charge on any atom is 0.341 e. The Morgan fingerprint density at radius 2 is 1.95 bits per heavy atom. The Balaban J connectivity index is 2.44. The highest BCUT2D eigenvalue weighted by Crippen LogP contribution is 2.27. The van der Waals surface area contributed by atoms with Crippen LogP contribution in [0.4, 0.5) is 0 Å². The van der Waals surface area contributed by atoms with E-state index in [2.05, 4.69) is 12.1 Å². The number of carbonyl (C=O) groups is 1. The summed E-state index contributed by atoms with van der Waals surface area (Å²) < 4.78 is 5.25. The number of carboxylic acid groups (broad SMARTS) is 1. The van der Waals surface area contributed by atoms with Gasteiger partial charge in [0.1, 0.15) is 11.3 Å². The van der Waals surface area contributed by atoms with Crippen LogP contribution in [0.1, 0.15) is 42.5 Å². The van der Waals surface area contributed by atoms with Crippen molar-refractivity contribution in [1.29, 1.82) is 0 Å². The minimum Gasteiger partial charge on any atom is -0.477 e. The van der Waals surface area contributed by atoms with E-state index in [1.165, 1.54) is 5.56 Å². The molecule has 1 aromatic heterocycles. The van der Waals surface area contributed by atoms with Gasteiger partial charge in [0.2, 0.25) is 0 Å². The Kier molecular flexibility index (Phi) is 4.23. The molecule has 0 saturated heterocycles. The summed E-state index contributed by atoms with van der Waals surface area (Å²) in [5.41, 5.74) is 2.58. The normalized spacial score (nSPS) is 11.0. The van der Waals surface area contributed by atoms with Gasteiger partial charge in [0.25, 0.3) is 0 Å². The van der Waals surface area contributed by atoms with Crippen LogP contribution in [0.15, 0.2) is 28.8 Å². The van der Waals surface area contributed by atoms with Crippen molar-refractivity contribution < 1.29 is 14.4 Å². The van der Waals surface area contributed by atoms with Crippen molar-refractivity contribution in [2.75, 3.05) is 0 Å². The fourth-order valence-electron chi connectivity index (χ4n) is 2.15. The zero-order valence-corrected chi connectivity index (χ0v) is 12.0. The molecule has 0 saturated carbocycles. The van der Waals surface area contributed by atoms with Crippen LogP contribution < -0.4 is 0 Å². The lowest BCUT2D eigenvalue weighted by Crippen LogP contribution is -2.04. The molecule has 4 nitrogen and oxygen atoms in total. The van der Waals surface area contributed by atoms with Gasteiger partial charge < -0.3 is 9.63 Å². The van der Waals surface area contributed by atoms with E-state index in [4.69, 9.17) is 4.52 Å². The summed E-state index contributed by atoms with van der Waals surface area (Å²) in [5, 5.41) is 13.4. The predicted octanol–water partition coefficient (Wildman–Crippen LogP) is 3.80. The first-order chi connectivity index (χ1) is 9.52. The van der Waals surface area contributed by atoms with Crippen LogP contribution in [-0.2, 0) is 12.8 Å². The number of benzene rings is 1. The van der Waals surface area contributed by atoms with E-state index in [0.717, 1.165) is 12.0 Å². The largest absolute Gasteiger partial charge is 0.477 e. The summed E-state index contributed by atoms with van der Waals surface area (Å²) in [6.07, 6.45) is 1.52. The van der Waals surface area contributed by atoms with Gasteiger partial charge in [0, 0.05) is 12.0 Å². The van der Waals surface area contributed by atoms with Gasteiger partial charge in [0.15, 0.2) is 5.76 Å². The lowest BCUT2D eigenvalue weighted by Gasteiger charge is -2.03. The monoisotopic (exact) mass is 273 g/mol. The molecule has 2 aromatic rings. The average molecular weight is 273 g/mol. The highest BCUT2D eigenvalue weighted by molar-refractivity contribution is 5.95. The molecule has 4 heteroatoms. The van der Waals surface area contributed by atoms with Crippen LogP contribution in [-0.4, -0.2) is 16.2 Å². The van der Waals surface area contributed by atoms with Crippen molar-refractivity contribution in [2.45, 2.75) is 33.6 Å². The molecule has 0 amide bonds. The lowest BCUT2D eigenvalue weighted by molar-refractivity contribution is 0.0695. The van der Waals surface area contributed by atoms with E-state index in [0.29, 0.717) is 23.8 Å². The first-order valence-electron chi connectivity index (χ1n) is 6.84. The number of hydrogen-bond acceptors (Lipinski definition) is 3. The third kappa shape index (κ3) is 2.90. The topological polar surface area (TPSA) is 63.3 Å². The summed E-state index contributed by atoms with van der Waals surface area (Å²) >= 11 is 0. The minimum atomic E-state index is -0.989. The molecule has 0 aliphatic heterocycles. The van der Waals surface area contributed by atoms with E-state index >= 15 is 0 Å². The molecular weight excluding hydrogens is 254 g/mol. The zero-order valence-electron chi connectivity index (χ0n) is 12.0. The fourth-order valence-corrected chi connectivity index (χ4v) is 2.15. The molecule has 0 spiro atoms. The molecule has 2 rings (SSSR count). The first kappa shape index (κ1) is 14.3. The van der Waals surface area contributed by atoms with E-state index in [1.54, 1.807) is 0 Å². The lowest BCUT2D eigenvalue weighted by atomic mass is 10.0. The SMILES string of the molecule is CCc1ccc(-c2noc(CC(C)C)c2C(=O)O)cc1. The Labute approximate surface area is 118 Å². The Morgan fingerprint density at radius 3 is 2.45 bits per heavy atom. The summed E-state index contributed by atoms with van der Waals surface area (Å²) in [5.74, 6) is -0.227. The second-order valence-corrected chi connectivity index (χ2v) is 5.28. The number of aromatic nitrogens is 1. The first-order valence-corrected chi connectivity index (χ1v) is 6.84. The number of aryl methyl sites for hydroxylation is 1. The van der Waals surface area contributed by atoms with Gasteiger partial charge in [-0.05, 0) is 17.9 Å². The Hall–Kier alpha value is -2.10. The van der Waals surface area contributed by atoms with Crippen LogP contribution in [0.5, 0.6) is 0 Å². The minimum absolute atomic E-state index is 0.183. The number of carboxylic acids is 1. The van der Waals surface area contributed by atoms with Crippen LogP contribution >= 0.6 is 0 Å². The molecule has 1 heterocycles. The van der Waals surface area contributed by atoms with Gasteiger partial charge in [-0.2, -0.15) is 0 Å². The Morgan fingerprint density at radius 1 is 1.30 bits per heavy atom. The van der Waals surface area contributed by atoms with E-state index in [-0.39, 0.29) is 5.56 Å². The summed E-state index contributed by atoms with van der Waals surface area (Å²) in [7, 11) is 0. The average Bonchev–Trinajstić information content (AvgIpc) is 2.81. The van der Waals surface area contributed by atoms with Crippen LogP contribution in [0, 0.1) is 5.92 Å². The number of rotatable bonds is 5. The summed E-state index contributed by atoms with van der Waals surface area (Å²) in [4.78, 5) is 11.5. The van der Waals surface area contributed by atoms with E-state index in [1.807, 2.05) is 38.1 Å². The van der Waals surface area contributed by atoms with E-state index < -0.39 is 5.97 Å². The molecule has 0 radical (unpaired) electrons. The van der Waals surface area contributed by atoms with Crippen molar-refractivity contribution in [3.8, 4) is 11.3 Å². The summed E-state index contributed by atoms with van der Waals surface area (Å²) in [6.45, 7) is 6.11. The van der Waals surface area contributed by atoms with E-state index in [9.17, 15) is 9.90 Å². The maximum atomic E-state index is 11.5. The fraction of sp³-hybridized carbons (Fsp3) is 0.375. The molecule has 1 aromatic carbocycles. The number of hydrogen-bond donors (Lipinski definition) is 1. The molecular formula is C16H19NO3. The second-order valence-electron chi connectivity index (χ2n) is 5.28. The molecule has 0 aliphatic rings. The molecule has 20 heavy (non-hydrogen) atoms. The molecule has 1 N–H and O–H groups in total. The van der Waals surface area contributed by atoms with Crippen molar-refractivity contribution >= 4 is 5.97 Å². The van der Waals surface area contributed by atoms with Crippen LogP contribution in [0.2, 0.25) is 0 Å². The maximum absolute atomic E-state index is 11.5. The van der Waals surface area contributed by atoms with Gasteiger partial charge in [-0.25, -0.2) is 4.79 Å². The zero-order chi connectivity index (χ0) is 14.7. The molecule has 106 valence electrons. The molecule has 0 fully saturated rings.